The van der Waals surface area contributed by atoms with Crippen LogP contribution in [0.2, 0.25) is 0 Å². The molecule has 1 aliphatic rings. The van der Waals surface area contributed by atoms with Crippen LogP contribution in [0.25, 0.3) is 0 Å². The predicted molar refractivity (Wildman–Crippen MR) is 106 cm³/mol. The SMILES string of the molecule is COc1c(C(=O)CBr)ccc2c1OC(c1ccccc1)(c1ccccc1)O2. The number of carbonyl (C=O) groups is 1. The van der Waals surface area contributed by atoms with E-state index in [0.29, 0.717) is 22.8 Å². The summed E-state index contributed by atoms with van der Waals surface area (Å²) in [5.74, 6) is 0.109. The van der Waals surface area contributed by atoms with Crippen molar-refractivity contribution in [1.29, 1.82) is 0 Å². The third-order valence-corrected chi connectivity index (χ3v) is 5.02. The van der Waals surface area contributed by atoms with Crippen LogP contribution in [0.3, 0.4) is 0 Å². The van der Waals surface area contributed by atoms with Gasteiger partial charge >= 0.3 is 5.79 Å². The van der Waals surface area contributed by atoms with Crippen molar-refractivity contribution in [3.05, 3.63) is 89.5 Å². The van der Waals surface area contributed by atoms with E-state index in [-0.39, 0.29) is 11.1 Å². The van der Waals surface area contributed by atoms with Crippen LogP contribution in [0.1, 0.15) is 21.5 Å². The Bertz CT molecular complexity index is 931. The zero-order chi connectivity index (χ0) is 18.9. The largest absolute Gasteiger partial charge is 0.492 e. The number of halogens is 1. The van der Waals surface area contributed by atoms with E-state index in [2.05, 4.69) is 15.9 Å². The Labute approximate surface area is 165 Å². The average Bonchev–Trinajstić information content (AvgIpc) is 3.14. The molecule has 0 fully saturated rings. The summed E-state index contributed by atoms with van der Waals surface area (Å²) in [5, 5.41) is 0.200. The van der Waals surface area contributed by atoms with E-state index >= 15 is 0 Å². The number of Topliss-reactive ketones (excluding diaryl/α,β-unsaturated/α-hetero) is 1. The number of alkyl halides is 1. The summed E-state index contributed by atoms with van der Waals surface area (Å²) in [6.45, 7) is 0. The summed E-state index contributed by atoms with van der Waals surface area (Å²) >= 11 is 3.21. The third kappa shape index (κ3) is 2.88. The van der Waals surface area contributed by atoms with Gasteiger partial charge in [0.05, 0.1) is 18.0 Å². The highest BCUT2D eigenvalue weighted by atomic mass is 79.9. The first-order valence-corrected chi connectivity index (χ1v) is 9.61. The lowest BCUT2D eigenvalue weighted by molar-refractivity contribution is -0.0467. The first kappa shape index (κ1) is 17.6. The molecule has 4 nitrogen and oxygen atoms in total. The van der Waals surface area contributed by atoms with Gasteiger partial charge in [0.2, 0.25) is 5.75 Å². The number of hydrogen-bond donors (Lipinski definition) is 0. The molecule has 1 heterocycles. The van der Waals surface area contributed by atoms with Gasteiger partial charge in [-0.1, -0.05) is 76.6 Å². The third-order valence-electron chi connectivity index (χ3n) is 4.51. The fourth-order valence-electron chi connectivity index (χ4n) is 3.25. The minimum absolute atomic E-state index is 0.0878. The second kappa shape index (κ2) is 7.08. The van der Waals surface area contributed by atoms with E-state index in [9.17, 15) is 4.79 Å². The van der Waals surface area contributed by atoms with Gasteiger partial charge in [0.15, 0.2) is 17.3 Å². The van der Waals surface area contributed by atoms with Gasteiger partial charge in [0, 0.05) is 11.1 Å². The predicted octanol–water partition coefficient (Wildman–Crippen LogP) is 4.95. The Morgan fingerprint density at radius 3 is 2.04 bits per heavy atom. The number of fused-ring (bicyclic) bond motifs is 1. The molecular weight excluding hydrogens is 408 g/mol. The van der Waals surface area contributed by atoms with E-state index in [1.807, 2.05) is 60.7 Å². The van der Waals surface area contributed by atoms with Crippen LogP contribution in [-0.4, -0.2) is 18.2 Å². The fourth-order valence-corrected chi connectivity index (χ4v) is 3.55. The van der Waals surface area contributed by atoms with Crippen LogP contribution >= 0.6 is 15.9 Å². The molecule has 5 heteroatoms. The molecule has 0 amide bonds. The first-order chi connectivity index (χ1) is 13.2. The molecule has 0 radical (unpaired) electrons. The molecule has 0 saturated heterocycles. The Kier molecular flexibility index (Phi) is 4.62. The summed E-state index contributed by atoms with van der Waals surface area (Å²) in [6.07, 6.45) is 0. The fraction of sp³-hybridized carbons (Fsp3) is 0.136. The number of ketones is 1. The highest BCUT2D eigenvalue weighted by Gasteiger charge is 2.47. The van der Waals surface area contributed by atoms with Crippen LogP contribution < -0.4 is 14.2 Å². The van der Waals surface area contributed by atoms with E-state index in [1.54, 1.807) is 12.1 Å². The highest BCUT2D eigenvalue weighted by molar-refractivity contribution is 9.09. The molecule has 0 saturated carbocycles. The van der Waals surface area contributed by atoms with Gasteiger partial charge in [0.25, 0.3) is 0 Å². The second-order valence-electron chi connectivity index (χ2n) is 6.08. The average molecular weight is 425 g/mol. The minimum Gasteiger partial charge on any atom is -0.492 e. The van der Waals surface area contributed by atoms with Crippen LogP contribution in [0.5, 0.6) is 17.2 Å². The molecule has 0 unspecified atom stereocenters. The van der Waals surface area contributed by atoms with E-state index in [1.165, 1.54) is 7.11 Å². The van der Waals surface area contributed by atoms with Crippen LogP contribution in [0.4, 0.5) is 0 Å². The van der Waals surface area contributed by atoms with Crippen molar-refractivity contribution < 1.29 is 19.0 Å². The van der Waals surface area contributed by atoms with Crippen molar-refractivity contribution in [2.45, 2.75) is 5.79 Å². The van der Waals surface area contributed by atoms with Gasteiger partial charge in [0.1, 0.15) is 0 Å². The van der Waals surface area contributed by atoms with Crippen LogP contribution in [0, 0.1) is 0 Å². The maximum atomic E-state index is 12.3. The van der Waals surface area contributed by atoms with Gasteiger partial charge in [-0.15, -0.1) is 0 Å². The van der Waals surface area contributed by atoms with Crippen LogP contribution in [-0.2, 0) is 5.79 Å². The van der Waals surface area contributed by atoms with Gasteiger partial charge in [-0.25, -0.2) is 0 Å². The van der Waals surface area contributed by atoms with Gasteiger partial charge in [-0.2, -0.15) is 0 Å². The maximum Gasteiger partial charge on any atom is 0.305 e. The maximum absolute atomic E-state index is 12.3. The zero-order valence-electron chi connectivity index (χ0n) is 14.6. The Hall–Kier alpha value is -2.79. The van der Waals surface area contributed by atoms with E-state index < -0.39 is 5.79 Å². The standard InChI is InChI=1S/C22H17BrO4/c1-25-20-17(18(24)14-23)12-13-19-21(20)27-22(26-19,15-8-4-2-5-9-15)16-10-6-3-7-11-16/h2-13H,14H2,1H3. The molecule has 0 spiro atoms. The molecule has 1 aliphatic heterocycles. The summed E-state index contributed by atoms with van der Waals surface area (Å²) in [4.78, 5) is 12.3. The van der Waals surface area contributed by atoms with Crippen molar-refractivity contribution in [3.63, 3.8) is 0 Å². The number of rotatable bonds is 5. The van der Waals surface area contributed by atoms with Crippen molar-refractivity contribution >= 4 is 21.7 Å². The van der Waals surface area contributed by atoms with Crippen molar-refractivity contribution in [2.75, 3.05) is 12.4 Å². The monoisotopic (exact) mass is 424 g/mol. The highest BCUT2D eigenvalue weighted by Crippen LogP contribution is 2.53. The zero-order valence-corrected chi connectivity index (χ0v) is 16.2. The first-order valence-electron chi connectivity index (χ1n) is 8.49. The molecule has 0 atom stereocenters. The molecule has 0 bridgehead atoms. The van der Waals surface area contributed by atoms with E-state index in [4.69, 9.17) is 14.2 Å². The molecule has 3 aromatic carbocycles. The van der Waals surface area contributed by atoms with Gasteiger partial charge < -0.3 is 14.2 Å². The number of benzene rings is 3. The Morgan fingerprint density at radius 2 is 1.52 bits per heavy atom. The summed E-state index contributed by atoms with van der Waals surface area (Å²) in [5.41, 5.74) is 2.15. The summed E-state index contributed by atoms with van der Waals surface area (Å²) < 4.78 is 18.3. The molecule has 0 aromatic heterocycles. The Balaban J connectivity index is 1.90. The molecule has 27 heavy (non-hydrogen) atoms. The Morgan fingerprint density at radius 1 is 0.926 bits per heavy atom. The summed E-state index contributed by atoms with van der Waals surface area (Å²) in [7, 11) is 1.52. The van der Waals surface area contributed by atoms with Crippen molar-refractivity contribution in [2.24, 2.45) is 0 Å². The quantitative estimate of drug-likeness (QED) is 0.429. The topological polar surface area (TPSA) is 44.8 Å². The molecule has 3 aromatic rings. The van der Waals surface area contributed by atoms with Gasteiger partial charge in [-0.05, 0) is 12.1 Å². The molecule has 0 aliphatic carbocycles. The normalized spacial score (nSPS) is 14.0. The number of methoxy groups -OCH3 is 1. The lowest BCUT2D eigenvalue weighted by atomic mass is 9.97. The molecule has 136 valence electrons. The second-order valence-corrected chi connectivity index (χ2v) is 6.64. The van der Waals surface area contributed by atoms with Crippen LogP contribution in [0.15, 0.2) is 72.8 Å². The number of carbonyl (C=O) groups excluding carboxylic acids is 1. The van der Waals surface area contributed by atoms with E-state index in [0.717, 1.165) is 11.1 Å². The van der Waals surface area contributed by atoms with Gasteiger partial charge in [-0.3, -0.25) is 4.79 Å². The molecule has 0 N–H and O–H groups in total. The van der Waals surface area contributed by atoms with Crippen molar-refractivity contribution in [1.82, 2.24) is 0 Å². The number of hydrogen-bond acceptors (Lipinski definition) is 4. The lowest BCUT2D eigenvalue weighted by Crippen LogP contribution is -2.36. The number of ether oxygens (including phenoxy) is 3. The lowest BCUT2D eigenvalue weighted by Gasteiger charge is -2.28. The molecular formula is C22H17BrO4. The molecule has 4 rings (SSSR count). The smallest absolute Gasteiger partial charge is 0.305 e. The van der Waals surface area contributed by atoms with Crippen molar-refractivity contribution in [3.8, 4) is 17.2 Å². The summed E-state index contributed by atoms with van der Waals surface area (Å²) in [6, 6.07) is 22.9. The minimum atomic E-state index is -1.14.